The molecule has 0 bridgehead atoms. The van der Waals surface area contributed by atoms with Gasteiger partial charge in [-0.1, -0.05) is 36.2 Å². The minimum atomic E-state index is 0.451. The molecule has 1 aliphatic heterocycles. The van der Waals surface area contributed by atoms with Crippen molar-refractivity contribution in [3.05, 3.63) is 28.2 Å². The second-order valence-corrected chi connectivity index (χ2v) is 5.84. The molecule has 0 amide bonds. The molecule has 1 saturated heterocycles. The van der Waals surface area contributed by atoms with Crippen LogP contribution in [-0.4, -0.2) is 25.7 Å². The highest BCUT2D eigenvalue weighted by Gasteiger charge is 2.32. The Labute approximate surface area is 119 Å². The first-order valence-electron chi connectivity index (χ1n) is 6.44. The van der Waals surface area contributed by atoms with E-state index in [0.717, 1.165) is 18.7 Å². The third-order valence-corrected chi connectivity index (χ3v) is 4.99. The Hall–Kier alpha value is -0.440. The molecule has 0 saturated carbocycles. The standard InChI is InChI=1S/C14H20Cl2N2/c1-9-10(2)18(8-7-12(9)17-3)13-6-4-5-11(15)14(13)16/h4-6,9-10,12,17H,7-8H2,1-3H3. The van der Waals surface area contributed by atoms with Crippen LogP contribution in [0, 0.1) is 5.92 Å². The fourth-order valence-corrected chi connectivity index (χ4v) is 3.23. The summed E-state index contributed by atoms with van der Waals surface area (Å²) in [5.41, 5.74) is 1.05. The maximum absolute atomic E-state index is 6.32. The van der Waals surface area contributed by atoms with Crippen LogP contribution in [0.25, 0.3) is 0 Å². The summed E-state index contributed by atoms with van der Waals surface area (Å²) in [6.07, 6.45) is 1.13. The predicted octanol–water partition coefficient (Wildman–Crippen LogP) is 3.82. The molecule has 2 nitrogen and oxygen atoms in total. The molecule has 0 radical (unpaired) electrons. The number of hydrogen-bond donors (Lipinski definition) is 1. The number of nitrogens with zero attached hydrogens (tertiary/aromatic N) is 1. The summed E-state index contributed by atoms with van der Waals surface area (Å²) < 4.78 is 0. The highest BCUT2D eigenvalue weighted by atomic mass is 35.5. The van der Waals surface area contributed by atoms with Gasteiger partial charge in [-0.05, 0) is 38.4 Å². The minimum absolute atomic E-state index is 0.451. The van der Waals surface area contributed by atoms with E-state index in [1.165, 1.54) is 0 Å². The highest BCUT2D eigenvalue weighted by Crippen LogP contribution is 2.36. The summed E-state index contributed by atoms with van der Waals surface area (Å²) in [7, 11) is 2.04. The Morgan fingerprint density at radius 1 is 1.28 bits per heavy atom. The fourth-order valence-electron chi connectivity index (χ4n) is 2.83. The topological polar surface area (TPSA) is 15.3 Å². The molecule has 3 atom stereocenters. The lowest BCUT2D eigenvalue weighted by atomic mass is 9.87. The van der Waals surface area contributed by atoms with Crippen LogP contribution in [0.4, 0.5) is 5.69 Å². The molecular formula is C14H20Cl2N2. The molecule has 1 heterocycles. The molecule has 1 aliphatic rings. The molecule has 4 heteroatoms. The van der Waals surface area contributed by atoms with E-state index in [1.54, 1.807) is 0 Å². The Bertz CT molecular complexity index is 422. The second kappa shape index (κ2) is 5.68. The van der Waals surface area contributed by atoms with Gasteiger partial charge < -0.3 is 10.2 Å². The maximum Gasteiger partial charge on any atom is 0.0825 e. The number of halogens is 2. The SMILES string of the molecule is CNC1CCN(c2cccc(Cl)c2Cl)C(C)C1C. The van der Waals surface area contributed by atoms with Gasteiger partial charge in [0.1, 0.15) is 0 Å². The van der Waals surface area contributed by atoms with Crippen LogP contribution in [0.1, 0.15) is 20.3 Å². The van der Waals surface area contributed by atoms with Gasteiger partial charge in [0, 0.05) is 18.6 Å². The van der Waals surface area contributed by atoms with Crippen molar-refractivity contribution >= 4 is 28.9 Å². The van der Waals surface area contributed by atoms with Crippen molar-refractivity contribution < 1.29 is 0 Å². The van der Waals surface area contributed by atoms with Crippen molar-refractivity contribution in [3.63, 3.8) is 0 Å². The summed E-state index contributed by atoms with van der Waals surface area (Å²) in [6.45, 7) is 5.55. The molecule has 1 N–H and O–H groups in total. The van der Waals surface area contributed by atoms with Crippen LogP contribution >= 0.6 is 23.2 Å². The molecule has 0 aromatic heterocycles. The minimum Gasteiger partial charge on any atom is -0.367 e. The third kappa shape index (κ3) is 2.47. The number of hydrogen-bond acceptors (Lipinski definition) is 2. The van der Waals surface area contributed by atoms with E-state index in [-0.39, 0.29) is 0 Å². The van der Waals surface area contributed by atoms with Gasteiger partial charge in [-0.15, -0.1) is 0 Å². The lowest BCUT2D eigenvalue weighted by Crippen LogP contribution is -2.52. The van der Waals surface area contributed by atoms with Crippen LogP contribution < -0.4 is 10.2 Å². The van der Waals surface area contributed by atoms with Crippen molar-refractivity contribution in [2.24, 2.45) is 5.92 Å². The van der Waals surface area contributed by atoms with E-state index in [9.17, 15) is 0 Å². The summed E-state index contributed by atoms with van der Waals surface area (Å²) in [5, 5.41) is 4.69. The predicted molar refractivity (Wildman–Crippen MR) is 79.9 cm³/mol. The summed E-state index contributed by atoms with van der Waals surface area (Å²) >= 11 is 12.4. The highest BCUT2D eigenvalue weighted by molar-refractivity contribution is 6.43. The third-order valence-electron chi connectivity index (χ3n) is 4.18. The Balaban J connectivity index is 2.27. The molecule has 0 aliphatic carbocycles. The average molecular weight is 287 g/mol. The van der Waals surface area contributed by atoms with Crippen molar-refractivity contribution in [2.75, 3.05) is 18.5 Å². The maximum atomic E-state index is 6.32. The van der Waals surface area contributed by atoms with Crippen LogP contribution in [0.5, 0.6) is 0 Å². The number of piperidine rings is 1. The fraction of sp³-hybridized carbons (Fsp3) is 0.571. The first kappa shape index (κ1) is 14.0. The number of rotatable bonds is 2. The van der Waals surface area contributed by atoms with E-state index >= 15 is 0 Å². The largest absolute Gasteiger partial charge is 0.367 e. The van der Waals surface area contributed by atoms with Crippen molar-refractivity contribution in [1.29, 1.82) is 0 Å². The normalized spacial score (nSPS) is 28.5. The van der Waals surface area contributed by atoms with Crippen LogP contribution in [0.3, 0.4) is 0 Å². The Morgan fingerprint density at radius 3 is 2.67 bits per heavy atom. The summed E-state index contributed by atoms with van der Waals surface area (Å²) in [6, 6.07) is 6.88. The first-order chi connectivity index (χ1) is 8.56. The Kier molecular flexibility index (Phi) is 4.41. The van der Waals surface area contributed by atoms with Gasteiger partial charge in [-0.2, -0.15) is 0 Å². The van der Waals surface area contributed by atoms with E-state index < -0.39 is 0 Å². The molecule has 0 spiro atoms. The van der Waals surface area contributed by atoms with Crippen LogP contribution in [0.2, 0.25) is 10.0 Å². The molecule has 18 heavy (non-hydrogen) atoms. The smallest absolute Gasteiger partial charge is 0.0825 e. The van der Waals surface area contributed by atoms with Crippen LogP contribution in [-0.2, 0) is 0 Å². The van der Waals surface area contributed by atoms with Gasteiger partial charge in [0.25, 0.3) is 0 Å². The molecule has 1 aromatic carbocycles. The van der Waals surface area contributed by atoms with Gasteiger partial charge in [0.2, 0.25) is 0 Å². The quantitative estimate of drug-likeness (QED) is 0.889. The van der Waals surface area contributed by atoms with E-state index in [0.29, 0.717) is 28.0 Å². The molecular weight excluding hydrogens is 267 g/mol. The number of benzene rings is 1. The zero-order valence-corrected chi connectivity index (χ0v) is 12.6. The van der Waals surface area contributed by atoms with Gasteiger partial charge >= 0.3 is 0 Å². The molecule has 3 unspecified atom stereocenters. The van der Waals surface area contributed by atoms with Gasteiger partial charge in [0.15, 0.2) is 0 Å². The average Bonchev–Trinajstić information content (AvgIpc) is 2.37. The molecule has 100 valence electrons. The van der Waals surface area contributed by atoms with Gasteiger partial charge in [0.05, 0.1) is 15.7 Å². The summed E-state index contributed by atoms with van der Waals surface area (Å²) in [4.78, 5) is 2.37. The van der Waals surface area contributed by atoms with Crippen LogP contribution in [0.15, 0.2) is 18.2 Å². The van der Waals surface area contributed by atoms with Gasteiger partial charge in [-0.3, -0.25) is 0 Å². The zero-order valence-electron chi connectivity index (χ0n) is 11.1. The lowest BCUT2D eigenvalue weighted by Gasteiger charge is -2.44. The molecule has 1 aromatic rings. The summed E-state index contributed by atoms with van der Waals surface area (Å²) in [5.74, 6) is 0.582. The number of anilines is 1. The Morgan fingerprint density at radius 2 is 2.00 bits per heavy atom. The number of nitrogens with one attached hydrogen (secondary N) is 1. The van der Waals surface area contributed by atoms with E-state index in [1.807, 2.05) is 19.2 Å². The van der Waals surface area contributed by atoms with Crippen molar-refractivity contribution in [3.8, 4) is 0 Å². The zero-order chi connectivity index (χ0) is 13.3. The van der Waals surface area contributed by atoms with Gasteiger partial charge in [-0.25, -0.2) is 0 Å². The van der Waals surface area contributed by atoms with E-state index in [2.05, 4.69) is 30.1 Å². The molecule has 1 fully saturated rings. The van der Waals surface area contributed by atoms with Crippen molar-refractivity contribution in [1.82, 2.24) is 5.32 Å². The lowest BCUT2D eigenvalue weighted by molar-refractivity contribution is 0.283. The van der Waals surface area contributed by atoms with Crippen molar-refractivity contribution in [2.45, 2.75) is 32.4 Å². The first-order valence-corrected chi connectivity index (χ1v) is 7.19. The monoisotopic (exact) mass is 286 g/mol. The second-order valence-electron chi connectivity index (χ2n) is 5.05. The molecule has 2 rings (SSSR count). The van der Waals surface area contributed by atoms with E-state index in [4.69, 9.17) is 23.2 Å².